The quantitative estimate of drug-likeness (QED) is 0.693. The summed E-state index contributed by atoms with van der Waals surface area (Å²) in [5, 5.41) is 6.31. The molecule has 0 fully saturated rings. The van der Waals surface area contributed by atoms with E-state index >= 15 is 0 Å². The van der Waals surface area contributed by atoms with Crippen LogP contribution in [-0.4, -0.2) is 60.2 Å². The Bertz CT molecular complexity index is 371. The van der Waals surface area contributed by atoms with Crippen LogP contribution < -0.4 is 15.4 Å². The Labute approximate surface area is 114 Å². The van der Waals surface area contributed by atoms with Gasteiger partial charge in [0.2, 0.25) is 11.9 Å². The zero-order valence-electron chi connectivity index (χ0n) is 12.2. The average molecular weight is 268 g/mol. The van der Waals surface area contributed by atoms with Crippen LogP contribution in [0.25, 0.3) is 0 Å². The fraction of sp³-hybridized carbons (Fsp3) is 0.750. The first-order valence-corrected chi connectivity index (χ1v) is 6.67. The van der Waals surface area contributed by atoms with Crippen molar-refractivity contribution < 1.29 is 4.74 Å². The summed E-state index contributed by atoms with van der Waals surface area (Å²) in [6.45, 7) is 7.04. The van der Waals surface area contributed by atoms with E-state index in [-0.39, 0.29) is 0 Å². The molecule has 0 bridgehead atoms. The Morgan fingerprint density at radius 3 is 2.16 bits per heavy atom. The lowest BCUT2D eigenvalue weighted by Gasteiger charge is -2.12. The molecule has 0 aliphatic carbocycles. The van der Waals surface area contributed by atoms with Crippen LogP contribution in [0.4, 0.5) is 11.9 Å². The fourth-order valence-corrected chi connectivity index (χ4v) is 1.34. The largest absolute Gasteiger partial charge is 0.464 e. The molecule has 0 unspecified atom stereocenters. The maximum absolute atomic E-state index is 5.34. The van der Waals surface area contributed by atoms with Crippen molar-refractivity contribution in [1.29, 1.82) is 0 Å². The number of rotatable bonds is 9. The van der Waals surface area contributed by atoms with E-state index in [1.807, 2.05) is 21.0 Å². The molecule has 1 rings (SSSR count). The summed E-state index contributed by atoms with van der Waals surface area (Å²) in [6, 6.07) is 0.350. The van der Waals surface area contributed by atoms with Gasteiger partial charge in [0.1, 0.15) is 0 Å². The van der Waals surface area contributed by atoms with Crippen LogP contribution in [-0.2, 0) is 0 Å². The highest BCUT2D eigenvalue weighted by Crippen LogP contribution is 2.11. The van der Waals surface area contributed by atoms with Gasteiger partial charge in [-0.3, -0.25) is 0 Å². The summed E-state index contributed by atoms with van der Waals surface area (Å²) >= 11 is 0. The number of nitrogens with one attached hydrogen (secondary N) is 2. The highest BCUT2D eigenvalue weighted by atomic mass is 16.5. The molecular weight excluding hydrogens is 244 g/mol. The summed E-state index contributed by atoms with van der Waals surface area (Å²) in [7, 11) is 4.05. The van der Waals surface area contributed by atoms with Gasteiger partial charge in [0.05, 0.1) is 6.61 Å². The summed E-state index contributed by atoms with van der Waals surface area (Å²) in [4.78, 5) is 14.8. The highest BCUT2D eigenvalue weighted by molar-refractivity contribution is 5.35. The molecule has 0 saturated carbocycles. The second-order valence-electron chi connectivity index (χ2n) is 4.36. The van der Waals surface area contributed by atoms with Gasteiger partial charge < -0.3 is 20.3 Å². The SMILES string of the molecule is CCCNc1nc(NCCN(C)C)nc(OCC)n1. The van der Waals surface area contributed by atoms with E-state index < -0.39 is 0 Å². The van der Waals surface area contributed by atoms with E-state index in [4.69, 9.17) is 4.74 Å². The van der Waals surface area contributed by atoms with Crippen LogP contribution >= 0.6 is 0 Å². The van der Waals surface area contributed by atoms with Crippen LogP contribution in [0.1, 0.15) is 20.3 Å². The third-order valence-corrected chi connectivity index (χ3v) is 2.26. The molecule has 0 aliphatic rings. The van der Waals surface area contributed by atoms with Crippen molar-refractivity contribution >= 4 is 11.9 Å². The second kappa shape index (κ2) is 8.47. The molecule has 0 amide bonds. The normalized spacial score (nSPS) is 10.6. The minimum absolute atomic E-state index is 0.350. The van der Waals surface area contributed by atoms with E-state index in [1.54, 1.807) is 0 Å². The molecule has 19 heavy (non-hydrogen) atoms. The number of likely N-dealkylation sites (N-methyl/N-ethyl adjacent to an activating group) is 1. The van der Waals surface area contributed by atoms with Crippen LogP contribution in [0.15, 0.2) is 0 Å². The summed E-state index contributed by atoms with van der Waals surface area (Å²) < 4.78 is 5.34. The van der Waals surface area contributed by atoms with Gasteiger partial charge in [-0.05, 0) is 27.4 Å². The third kappa shape index (κ3) is 6.19. The number of hydrogen-bond acceptors (Lipinski definition) is 7. The molecule has 1 aromatic rings. The maximum Gasteiger partial charge on any atom is 0.323 e. The molecule has 0 radical (unpaired) electrons. The Morgan fingerprint density at radius 2 is 1.63 bits per heavy atom. The fourth-order valence-electron chi connectivity index (χ4n) is 1.34. The molecule has 0 aliphatic heterocycles. The van der Waals surface area contributed by atoms with Gasteiger partial charge in [0.15, 0.2) is 0 Å². The van der Waals surface area contributed by atoms with Crippen molar-refractivity contribution in [3.63, 3.8) is 0 Å². The van der Waals surface area contributed by atoms with E-state index in [9.17, 15) is 0 Å². The first-order valence-electron chi connectivity index (χ1n) is 6.67. The number of anilines is 2. The number of nitrogens with zero attached hydrogens (tertiary/aromatic N) is 4. The molecule has 1 aromatic heterocycles. The lowest BCUT2D eigenvalue weighted by molar-refractivity contribution is 0.312. The molecule has 0 aromatic carbocycles. The van der Waals surface area contributed by atoms with Gasteiger partial charge in [-0.15, -0.1) is 0 Å². The standard InChI is InChI=1S/C12H24N6O/c1-5-7-13-10-15-11(14-8-9-18(3)4)17-12(16-10)19-6-2/h5-9H2,1-4H3,(H2,13,14,15,16,17). The maximum atomic E-state index is 5.34. The molecule has 0 saturated heterocycles. The smallest absolute Gasteiger partial charge is 0.323 e. The van der Waals surface area contributed by atoms with Gasteiger partial charge >= 0.3 is 6.01 Å². The lowest BCUT2D eigenvalue weighted by atomic mass is 10.5. The zero-order chi connectivity index (χ0) is 14.1. The average Bonchev–Trinajstić information content (AvgIpc) is 2.36. The highest BCUT2D eigenvalue weighted by Gasteiger charge is 2.06. The van der Waals surface area contributed by atoms with Crippen molar-refractivity contribution in [3.05, 3.63) is 0 Å². The molecule has 2 N–H and O–H groups in total. The molecule has 7 heteroatoms. The minimum Gasteiger partial charge on any atom is -0.464 e. The molecule has 1 heterocycles. The van der Waals surface area contributed by atoms with E-state index in [0.717, 1.165) is 26.1 Å². The predicted octanol–water partition coefficient (Wildman–Crippen LogP) is 1.07. The van der Waals surface area contributed by atoms with Crippen molar-refractivity contribution in [2.24, 2.45) is 0 Å². The van der Waals surface area contributed by atoms with Crippen LogP contribution in [0.2, 0.25) is 0 Å². The lowest BCUT2D eigenvalue weighted by Crippen LogP contribution is -2.22. The van der Waals surface area contributed by atoms with Crippen LogP contribution in [0.5, 0.6) is 6.01 Å². The topological polar surface area (TPSA) is 75.2 Å². The van der Waals surface area contributed by atoms with Gasteiger partial charge in [0.25, 0.3) is 0 Å². The molecule has 0 atom stereocenters. The van der Waals surface area contributed by atoms with Crippen LogP contribution in [0, 0.1) is 0 Å². The summed E-state index contributed by atoms with van der Waals surface area (Å²) in [5.41, 5.74) is 0. The molecule has 7 nitrogen and oxygen atoms in total. The first-order chi connectivity index (χ1) is 9.15. The first kappa shape index (κ1) is 15.4. The van der Waals surface area contributed by atoms with E-state index in [0.29, 0.717) is 24.5 Å². The van der Waals surface area contributed by atoms with Gasteiger partial charge in [0, 0.05) is 19.6 Å². The predicted molar refractivity (Wildman–Crippen MR) is 76.8 cm³/mol. The zero-order valence-corrected chi connectivity index (χ0v) is 12.2. The minimum atomic E-state index is 0.350. The Morgan fingerprint density at radius 1 is 1.00 bits per heavy atom. The van der Waals surface area contributed by atoms with E-state index in [1.165, 1.54) is 0 Å². The Balaban J connectivity index is 2.68. The van der Waals surface area contributed by atoms with Gasteiger partial charge in [-0.25, -0.2) is 0 Å². The van der Waals surface area contributed by atoms with Crippen molar-refractivity contribution in [2.75, 3.05) is 51.0 Å². The molecule has 0 spiro atoms. The van der Waals surface area contributed by atoms with E-state index in [2.05, 4.69) is 37.4 Å². The Kier molecular flexibility index (Phi) is 6.88. The van der Waals surface area contributed by atoms with Crippen molar-refractivity contribution in [1.82, 2.24) is 19.9 Å². The summed E-state index contributed by atoms with van der Waals surface area (Å²) in [5.74, 6) is 1.09. The summed E-state index contributed by atoms with van der Waals surface area (Å²) in [6.07, 6.45) is 1.01. The van der Waals surface area contributed by atoms with Gasteiger partial charge in [-0.1, -0.05) is 6.92 Å². The monoisotopic (exact) mass is 268 g/mol. The number of hydrogen-bond donors (Lipinski definition) is 2. The number of ether oxygens (including phenoxy) is 1. The molecule has 108 valence electrons. The van der Waals surface area contributed by atoms with Crippen molar-refractivity contribution in [3.8, 4) is 6.01 Å². The third-order valence-electron chi connectivity index (χ3n) is 2.26. The number of aromatic nitrogens is 3. The van der Waals surface area contributed by atoms with Crippen LogP contribution in [0.3, 0.4) is 0 Å². The van der Waals surface area contributed by atoms with Gasteiger partial charge in [-0.2, -0.15) is 15.0 Å². The molecular formula is C12H24N6O. The second-order valence-corrected chi connectivity index (χ2v) is 4.36. The Hall–Kier alpha value is -1.63. The van der Waals surface area contributed by atoms with Crippen molar-refractivity contribution in [2.45, 2.75) is 20.3 Å².